The summed E-state index contributed by atoms with van der Waals surface area (Å²) >= 11 is 1.72. The first-order valence-corrected chi connectivity index (χ1v) is 9.39. The van der Waals surface area contributed by atoms with E-state index >= 15 is 0 Å². The number of carbonyl (C=O) groups excluding carboxylic acids is 1. The Labute approximate surface area is 155 Å². The van der Waals surface area contributed by atoms with Gasteiger partial charge in [0.05, 0.1) is 7.11 Å². The van der Waals surface area contributed by atoms with Crippen LogP contribution < -0.4 is 4.74 Å². The van der Waals surface area contributed by atoms with Crippen LogP contribution in [0.1, 0.15) is 23.0 Å². The SMILES string of the molecule is COc1cccc(-c2nc(C3CC(=O)N(CCc4cccs4)C3)no2)c1. The molecule has 1 unspecified atom stereocenters. The largest absolute Gasteiger partial charge is 0.497 e. The van der Waals surface area contributed by atoms with Gasteiger partial charge in [0.25, 0.3) is 5.89 Å². The highest BCUT2D eigenvalue weighted by Crippen LogP contribution is 2.29. The molecule has 6 nitrogen and oxygen atoms in total. The number of hydrogen-bond acceptors (Lipinski definition) is 6. The van der Waals surface area contributed by atoms with Crippen LogP contribution in [0.15, 0.2) is 46.3 Å². The predicted molar refractivity (Wildman–Crippen MR) is 98.2 cm³/mol. The standard InChI is InChI=1S/C19H19N3O3S/c1-24-15-5-2-4-13(10-15)19-20-18(21-25-19)14-11-17(23)22(12-14)8-7-16-6-3-9-26-16/h2-6,9-10,14H,7-8,11-12H2,1H3. The van der Waals surface area contributed by atoms with Gasteiger partial charge in [0.1, 0.15) is 5.75 Å². The molecule has 1 aliphatic rings. The molecule has 0 spiro atoms. The Bertz CT molecular complexity index is 891. The monoisotopic (exact) mass is 369 g/mol. The maximum Gasteiger partial charge on any atom is 0.258 e. The minimum atomic E-state index is -0.0195. The molecule has 134 valence electrons. The molecule has 0 N–H and O–H groups in total. The van der Waals surface area contributed by atoms with Crippen molar-refractivity contribution in [2.45, 2.75) is 18.8 Å². The molecule has 4 rings (SSSR count). The highest BCUT2D eigenvalue weighted by atomic mass is 32.1. The van der Waals surface area contributed by atoms with Crippen molar-refractivity contribution in [3.63, 3.8) is 0 Å². The number of carbonyl (C=O) groups is 1. The van der Waals surface area contributed by atoms with Crippen molar-refractivity contribution in [3.05, 3.63) is 52.5 Å². The Morgan fingerprint density at radius 3 is 3.08 bits per heavy atom. The van der Waals surface area contributed by atoms with Gasteiger partial charge in [-0.3, -0.25) is 4.79 Å². The van der Waals surface area contributed by atoms with Gasteiger partial charge in [0, 0.05) is 35.9 Å². The third kappa shape index (κ3) is 3.48. The fourth-order valence-electron chi connectivity index (χ4n) is 3.14. The second kappa shape index (κ2) is 7.29. The van der Waals surface area contributed by atoms with Gasteiger partial charge < -0.3 is 14.2 Å². The summed E-state index contributed by atoms with van der Waals surface area (Å²) in [5.41, 5.74) is 0.807. The first kappa shape index (κ1) is 16.8. The number of aromatic nitrogens is 2. The Balaban J connectivity index is 1.43. The number of likely N-dealkylation sites (tertiary alicyclic amines) is 1. The maximum atomic E-state index is 12.3. The molecule has 3 aromatic rings. The first-order chi connectivity index (χ1) is 12.7. The van der Waals surface area contributed by atoms with E-state index in [1.165, 1.54) is 4.88 Å². The molecular weight excluding hydrogens is 350 g/mol. The Kier molecular flexibility index (Phi) is 4.71. The van der Waals surface area contributed by atoms with E-state index in [1.807, 2.05) is 35.2 Å². The van der Waals surface area contributed by atoms with Gasteiger partial charge in [-0.2, -0.15) is 4.98 Å². The molecule has 1 saturated heterocycles. The molecule has 2 aromatic heterocycles. The zero-order valence-corrected chi connectivity index (χ0v) is 15.2. The number of methoxy groups -OCH3 is 1. The summed E-state index contributed by atoms with van der Waals surface area (Å²) in [7, 11) is 1.62. The topological polar surface area (TPSA) is 68.5 Å². The van der Waals surface area contributed by atoms with Gasteiger partial charge in [0.15, 0.2) is 5.82 Å². The van der Waals surface area contributed by atoms with Crippen LogP contribution in [-0.4, -0.2) is 41.1 Å². The van der Waals surface area contributed by atoms with Crippen molar-refractivity contribution in [1.29, 1.82) is 0 Å². The average molecular weight is 369 g/mol. The van der Waals surface area contributed by atoms with Crippen LogP contribution in [0.5, 0.6) is 5.75 Å². The summed E-state index contributed by atoms with van der Waals surface area (Å²) < 4.78 is 10.6. The number of thiophene rings is 1. The molecule has 0 bridgehead atoms. The van der Waals surface area contributed by atoms with Crippen molar-refractivity contribution in [1.82, 2.24) is 15.0 Å². The maximum absolute atomic E-state index is 12.3. The van der Waals surface area contributed by atoms with Gasteiger partial charge in [0.2, 0.25) is 5.91 Å². The lowest BCUT2D eigenvalue weighted by Crippen LogP contribution is -2.27. The zero-order valence-electron chi connectivity index (χ0n) is 14.4. The highest BCUT2D eigenvalue weighted by Gasteiger charge is 2.33. The van der Waals surface area contributed by atoms with Crippen LogP contribution >= 0.6 is 11.3 Å². The van der Waals surface area contributed by atoms with Crippen molar-refractivity contribution in [2.24, 2.45) is 0 Å². The molecule has 3 heterocycles. The molecule has 1 amide bonds. The molecule has 1 aliphatic heterocycles. The molecule has 0 aliphatic carbocycles. The number of ether oxygens (including phenoxy) is 1. The second-order valence-corrected chi connectivity index (χ2v) is 7.29. The van der Waals surface area contributed by atoms with Crippen molar-refractivity contribution < 1.29 is 14.1 Å². The summed E-state index contributed by atoms with van der Waals surface area (Å²) in [5, 5.41) is 6.16. The summed E-state index contributed by atoms with van der Waals surface area (Å²) in [4.78, 5) is 20.0. The van der Waals surface area contributed by atoms with Gasteiger partial charge in [-0.05, 0) is 36.1 Å². The average Bonchev–Trinajstić information content (AvgIpc) is 3.41. The summed E-state index contributed by atoms with van der Waals surface area (Å²) in [6, 6.07) is 11.6. The lowest BCUT2D eigenvalue weighted by atomic mass is 10.1. The fraction of sp³-hybridized carbons (Fsp3) is 0.316. The van der Waals surface area contributed by atoms with Crippen LogP contribution in [0.3, 0.4) is 0 Å². The van der Waals surface area contributed by atoms with E-state index in [0.29, 0.717) is 24.7 Å². The predicted octanol–water partition coefficient (Wildman–Crippen LogP) is 3.37. The van der Waals surface area contributed by atoms with Crippen LogP contribution in [0, 0.1) is 0 Å². The first-order valence-electron chi connectivity index (χ1n) is 8.51. The summed E-state index contributed by atoms with van der Waals surface area (Å²) in [6.45, 7) is 1.37. The lowest BCUT2D eigenvalue weighted by molar-refractivity contribution is -0.127. The van der Waals surface area contributed by atoms with Gasteiger partial charge in [-0.25, -0.2) is 0 Å². The van der Waals surface area contributed by atoms with Crippen LogP contribution in [0.25, 0.3) is 11.5 Å². The zero-order chi connectivity index (χ0) is 17.9. The minimum Gasteiger partial charge on any atom is -0.497 e. The minimum absolute atomic E-state index is 0.0195. The van der Waals surface area contributed by atoms with E-state index in [-0.39, 0.29) is 11.8 Å². The van der Waals surface area contributed by atoms with E-state index in [1.54, 1.807) is 18.4 Å². The van der Waals surface area contributed by atoms with Gasteiger partial charge >= 0.3 is 0 Å². The summed E-state index contributed by atoms with van der Waals surface area (Å²) in [5.74, 6) is 1.91. The van der Waals surface area contributed by atoms with Crippen molar-refractivity contribution >= 4 is 17.2 Å². The molecule has 0 saturated carbocycles. The Morgan fingerprint density at radius 2 is 2.27 bits per heavy atom. The number of rotatable bonds is 6. The number of amides is 1. The normalized spacial score (nSPS) is 17.0. The third-order valence-corrected chi connectivity index (χ3v) is 5.48. The molecular formula is C19H19N3O3S. The van der Waals surface area contributed by atoms with Crippen molar-refractivity contribution in [2.75, 3.05) is 20.2 Å². The third-order valence-electron chi connectivity index (χ3n) is 4.55. The van der Waals surface area contributed by atoms with E-state index in [9.17, 15) is 4.79 Å². The molecule has 1 atom stereocenters. The van der Waals surface area contributed by atoms with E-state index in [2.05, 4.69) is 21.6 Å². The van der Waals surface area contributed by atoms with E-state index in [4.69, 9.17) is 9.26 Å². The molecule has 1 aromatic carbocycles. The van der Waals surface area contributed by atoms with E-state index in [0.717, 1.165) is 24.3 Å². The lowest BCUT2D eigenvalue weighted by Gasteiger charge is -2.15. The second-order valence-electron chi connectivity index (χ2n) is 6.26. The smallest absolute Gasteiger partial charge is 0.258 e. The van der Waals surface area contributed by atoms with Gasteiger partial charge in [-0.1, -0.05) is 17.3 Å². The molecule has 7 heteroatoms. The number of nitrogens with zero attached hydrogens (tertiary/aromatic N) is 3. The highest BCUT2D eigenvalue weighted by molar-refractivity contribution is 7.09. The number of benzene rings is 1. The number of hydrogen-bond donors (Lipinski definition) is 0. The van der Waals surface area contributed by atoms with Crippen LogP contribution in [0.4, 0.5) is 0 Å². The van der Waals surface area contributed by atoms with Crippen molar-refractivity contribution in [3.8, 4) is 17.2 Å². The molecule has 1 fully saturated rings. The molecule has 26 heavy (non-hydrogen) atoms. The Hall–Kier alpha value is -2.67. The summed E-state index contributed by atoms with van der Waals surface area (Å²) in [6.07, 6.45) is 1.32. The van der Waals surface area contributed by atoms with E-state index < -0.39 is 0 Å². The van der Waals surface area contributed by atoms with Gasteiger partial charge in [-0.15, -0.1) is 11.3 Å². The van der Waals surface area contributed by atoms with Crippen LogP contribution in [-0.2, 0) is 11.2 Å². The van der Waals surface area contributed by atoms with Crippen LogP contribution in [0.2, 0.25) is 0 Å². The quantitative estimate of drug-likeness (QED) is 0.666. The Morgan fingerprint density at radius 1 is 1.35 bits per heavy atom. The fourth-order valence-corrected chi connectivity index (χ4v) is 3.83. The molecule has 0 radical (unpaired) electrons.